The molecule has 94 valence electrons. The molecule has 0 aliphatic rings. The maximum absolute atomic E-state index is 14.0. The Kier molecular flexibility index (Phi) is 4.19. The summed E-state index contributed by atoms with van der Waals surface area (Å²) in [4.78, 5) is 4.17. The van der Waals surface area contributed by atoms with Gasteiger partial charge in [0.25, 0.3) is 0 Å². The third kappa shape index (κ3) is 2.65. The van der Waals surface area contributed by atoms with Gasteiger partial charge in [0, 0.05) is 28.5 Å². The molecule has 18 heavy (non-hydrogen) atoms. The number of anilines is 1. The summed E-state index contributed by atoms with van der Waals surface area (Å²) in [5.41, 5.74) is 1.85. The van der Waals surface area contributed by atoms with Crippen LogP contribution in [0.2, 0.25) is 5.02 Å². The van der Waals surface area contributed by atoms with Crippen LogP contribution in [0, 0.1) is 5.82 Å². The van der Waals surface area contributed by atoms with Gasteiger partial charge in [-0.2, -0.15) is 0 Å². The molecule has 2 rings (SSSR count). The first-order valence-electron chi connectivity index (χ1n) is 5.47. The molecule has 0 saturated carbocycles. The minimum Gasteiger partial charge on any atom is -0.385 e. The van der Waals surface area contributed by atoms with Crippen molar-refractivity contribution in [3.05, 3.63) is 45.8 Å². The van der Waals surface area contributed by atoms with Crippen LogP contribution in [-0.2, 0) is 0 Å². The Labute approximate surface area is 118 Å². The van der Waals surface area contributed by atoms with Crippen molar-refractivity contribution in [3.8, 4) is 11.3 Å². The van der Waals surface area contributed by atoms with Crippen LogP contribution >= 0.6 is 27.5 Å². The van der Waals surface area contributed by atoms with Crippen LogP contribution in [0.3, 0.4) is 0 Å². The van der Waals surface area contributed by atoms with Crippen molar-refractivity contribution >= 4 is 33.2 Å². The lowest BCUT2D eigenvalue weighted by Gasteiger charge is -2.08. The fraction of sp³-hybridized carbons (Fsp3) is 0.154. The summed E-state index contributed by atoms with van der Waals surface area (Å²) in [5, 5.41) is 3.23. The van der Waals surface area contributed by atoms with Crippen molar-refractivity contribution in [2.24, 2.45) is 0 Å². The number of hydrogen-bond donors (Lipinski definition) is 1. The molecule has 2 aromatic rings. The van der Waals surface area contributed by atoms with E-state index in [1.165, 1.54) is 0 Å². The third-order valence-corrected chi connectivity index (χ3v) is 3.71. The van der Waals surface area contributed by atoms with Crippen LogP contribution < -0.4 is 5.32 Å². The second-order valence-electron chi connectivity index (χ2n) is 3.68. The molecule has 0 aliphatic carbocycles. The van der Waals surface area contributed by atoms with Gasteiger partial charge in [-0.15, -0.1) is 0 Å². The smallest absolute Gasteiger partial charge is 0.152 e. The van der Waals surface area contributed by atoms with E-state index in [0.29, 0.717) is 15.7 Å². The molecule has 0 aliphatic heterocycles. The fourth-order valence-electron chi connectivity index (χ4n) is 1.62. The second-order valence-corrected chi connectivity index (χ2v) is 4.92. The lowest BCUT2D eigenvalue weighted by molar-refractivity contribution is 0.630. The standard InChI is InChI=1S/C13H11BrClFN2/c1-2-17-8-5-6-18-11(7-8)9-3-4-10(14)12(15)13(9)16/h3-7H,2H2,1H3,(H,17,18). The van der Waals surface area contributed by atoms with Gasteiger partial charge in [-0.05, 0) is 47.1 Å². The van der Waals surface area contributed by atoms with E-state index in [1.807, 2.05) is 13.0 Å². The highest BCUT2D eigenvalue weighted by Crippen LogP contribution is 2.32. The van der Waals surface area contributed by atoms with Crippen molar-refractivity contribution in [2.45, 2.75) is 6.92 Å². The largest absolute Gasteiger partial charge is 0.385 e. The number of hydrogen-bond acceptors (Lipinski definition) is 2. The van der Waals surface area contributed by atoms with Gasteiger partial charge < -0.3 is 5.32 Å². The second kappa shape index (κ2) is 5.67. The Morgan fingerprint density at radius 3 is 2.89 bits per heavy atom. The van der Waals surface area contributed by atoms with Crippen LogP contribution in [0.25, 0.3) is 11.3 Å². The molecule has 0 unspecified atom stereocenters. The summed E-state index contributed by atoms with van der Waals surface area (Å²) in [7, 11) is 0. The van der Waals surface area contributed by atoms with Crippen LogP contribution in [0.5, 0.6) is 0 Å². The minimum absolute atomic E-state index is 0.0724. The maximum Gasteiger partial charge on any atom is 0.152 e. The fourth-order valence-corrected chi connectivity index (χ4v) is 2.09. The van der Waals surface area contributed by atoms with Gasteiger partial charge in [0.05, 0.1) is 10.7 Å². The number of benzene rings is 1. The van der Waals surface area contributed by atoms with Gasteiger partial charge in [-0.25, -0.2) is 4.39 Å². The summed E-state index contributed by atoms with van der Waals surface area (Å²) >= 11 is 9.06. The average molecular weight is 330 g/mol. The average Bonchev–Trinajstić information content (AvgIpc) is 2.37. The number of rotatable bonds is 3. The summed E-state index contributed by atoms with van der Waals surface area (Å²) in [6.45, 7) is 2.80. The highest BCUT2D eigenvalue weighted by Gasteiger charge is 2.12. The molecule has 0 amide bonds. The number of nitrogens with one attached hydrogen (secondary N) is 1. The molecule has 2 nitrogen and oxygen atoms in total. The monoisotopic (exact) mass is 328 g/mol. The third-order valence-electron chi connectivity index (χ3n) is 2.45. The summed E-state index contributed by atoms with van der Waals surface area (Å²) in [5.74, 6) is -0.466. The Hall–Kier alpha value is -1.13. The molecular formula is C13H11BrClFN2. The SMILES string of the molecule is CCNc1ccnc(-c2ccc(Br)c(Cl)c2F)c1. The van der Waals surface area contributed by atoms with E-state index in [9.17, 15) is 4.39 Å². The van der Waals surface area contributed by atoms with Gasteiger partial charge in [-0.3, -0.25) is 4.98 Å². The molecule has 0 fully saturated rings. The first-order valence-corrected chi connectivity index (χ1v) is 6.64. The summed E-state index contributed by atoms with van der Waals surface area (Å²) in [6.07, 6.45) is 1.64. The molecule has 5 heteroatoms. The molecule has 1 heterocycles. The molecule has 1 aromatic heterocycles. The summed E-state index contributed by atoms with van der Waals surface area (Å²) < 4.78 is 14.6. The first-order chi connectivity index (χ1) is 8.63. The van der Waals surface area contributed by atoms with Gasteiger partial charge in [-0.1, -0.05) is 11.6 Å². The van der Waals surface area contributed by atoms with E-state index in [4.69, 9.17) is 11.6 Å². The maximum atomic E-state index is 14.0. The molecule has 1 aromatic carbocycles. The van der Waals surface area contributed by atoms with Crippen molar-refractivity contribution in [3.63, 3.8) is 0 Å². The molecule has 1 N–H and O–H groups in total. The van der Waals surface area contributed by atoms with Crippen LogP contribution in [0.1, 0.15) is 6.92 Å². The zero-order valence-electron chi connectivity index (χ0n) is 9.67. The Morgan fingerprint density at radius 2 is 2.17 bits per heavy atom. The predicted octanol–water partition coefficient (Wildman–Crippen LogP) is 4.74. The topological polar surface area (TPSA) is 24.9 Å². The predicted molar refractivity (Wildman–Crippen MR) is 76.5 cm³/mol. The first kappa shape index (κ1) is 13.3. The Bertz CT molecular complexity index is 575. The Balaban J connectivity index is 2.48. The van der Waals surface area contributed by atoms with E-state index in [1.54, 1.807) is 24.4 Å². The zero-order chi connectivity index (χ0) is 13.1. The van der Waals surface area contributed by atoms with E-state index in [0.717, 1.165) is 12.2 Å². The van der Waals surface area contributed by atoms with Gasteiger partial charge in [0.2, 0.25) is 0 Å². The number of nitrogens with zero attached hydrogens (tertiary/aromatic N) is 1. The van der Waals surface area contributed by atoms with Crippen molar-refractivity contribution in [1.29, 1.82) is 0 Å². The normalized spacial score (nSPS) is 10.4. The molecule has 0 radical (unpaired) electrons. The van der Waals surface area contributed by atoms with E-state index in [-0.39, 0.29) is 5.02 Å². The number of aromatic nitrogens is 1. The van der Waals surface area contributed by atoms with Gasteiger partial charge in [0.1, 0.15) is 0 Å². The number of halogens is 3. The number of pyridine rings is 1. The van der Waals surface area contributed by atoms with Gasteiger partial charge >= 0.3 is 0 Å². The minimum atomic E-state index is -0.466. The van der Waals surface area contributed by atoms with E-state index in [2.05, 4.69) is 26.2 Å². The lowest BCUT2D eigenvalue weighted by Crippen LogP contribution is -1.97. The van der Waals surface area contributed by atoms with Crippen LogP contribution in [-0.4, -0.2) is 11.5 Å². The van der Waals surface area contributed by atoms with Gasteiger partial charge in [0.15, 0.2) is 5.82 Å². The molecular weight excluding hydrogens is 319 g/mol. The van der Waals surface area contributed by atoms with Crippen molar-refractivity contribution < 1.29 is 4.39 Å². The molecule has 0 spiro atoms. The summed E-state index contributed by atoms with van der Waals surface area (Å²) in [6, 6.07) is 7.00. The quantitative estimate of drug-likeness (QED) is 0.823. The lowest BCUT2D eigenvalue weighted by atomic mass is 10.1. The van der Waals surface area contributed by atoms with Crippen LogP contribution in [0.15, 0.2) is 34.9 Å². The molecule has 0 atom stereocenters. The van der Waals surface area contributed by atoms with Crippen molar-refractivity contribution in [1.82, 2.24) is 4.98 Å². The van der Waals surface area contributed by atoms with Crippen molar-refractivity contribution in [2.75, 3.05) is 11.9 Å². The highest BCUT2D eigenvalue weighted by atomic mass is 79.9. The zero-order valence-corrected chi connectivity index (χ0v) is 12.0. The molecule has 0 saturated heterocycles. The van der Waals surface area contributed by atoms with E-state index >= 15 is 0 Å². The van der Waals surface area contributed by atoms with E-state index < -0.39 is 5.82 Å². The highest BCUT2D eigenvalue weighted by molar-refractivity contribution is 9.10. The molecule has 0 bridgehead atoms. The van der Waals surface area contributed by atoms with Crippen LogP contribution in [0.4, 0.5) is 10.1 Å². The Morgan fingerprint density at radius 1 is 1.39 bits per heavy atom.